The lowest BCUT2D eigenvalue weighted by Gasteiger charge is -2.11. The summed E-state index contributed by atoms with van der Waals surface area (Å²) in [5, 5.41) is 9.51. The molecular formula is C10H13NO2. The van der Waals surface area contributed by atoms with Crippen molar-refractivity contribution in [3.63, 3.8) is 0 Å². The number of ether oxygens (including phenoxy) is 1. The number of rotatable bonds is 2. The van der Waals surface area contributed by atoms with E-state index < -0.39 is 0 Å². The molecular weight excluding hydrogens is 166 g/mol. The second-order valence-corrected chi connectivity index (χ2v) is 3.42. The fraction of sp³-hybridized carbons (Fsp3) is 0.500. The summed E-state index contributed by atoms with van der Waals surface area (Å²) in [4.78, 5) is 3.95. The van der Waals surface area contributed by atoms with Gasteiger partial charge in [0, 0.05) is 18.3 Å². The van der Waals surface area contributed by atoms with Gasteiger partial charge in [0.05, 0.1) is 19.3 Å². The SMILES string of the molecule is O[C@@H]1COC[C@H]1Cc1ccncc1. The highest BCUT2D eigenvalue weighted by atomic mass is 16.5. The summed E-state index contributed by atoms with van der Waals surface area (Å²) >= 11 is 0. The molecule has 2 heterocycles. The van der Waals surface area contributed by atoms with E-state index in [2.05, 4.69) is 4.98 Å². The first-order chi connectivity index (χ1) is 6.36. The van der Waals surface area contributed by atoms with E-state index in [1.807, 2.05) is 12.1 Å². The van der Waals surface area contributed by atoms with E-state index in [4.69, 9.17) is 4.74 Å². The van der Waals surface area contributed by atoms with Crippen molar-refractivity contribution in [2.75, 3.05) is 13.2 Å². The van der Waals surface area contributed by atoms with Crippen LogP contribution >= 0.6 is 0 Å². The van der Waals surface area contributed by atoms with Crippen LogP contribution in [0.15, 0.2) is 24.5 Å². The Balaban J connectivity index is 1.98. The first kappa shape index (κ1) is 8.66. The predicted molar refractivity (Wildman–Crippen MR) is 48.3 cm³/mol. The van der Waals surface area contributed by atoms with Crippen LogP contribution in [0, 0.1) is 5.92 Å². The average Bonchev–Trinajstić information content (AvgIpc) is 2.54. The molecule has 2 rings (SSSR count). The molecule has 1 N–H and O–H groups in total. The normalized spacial score (nSPS) is 27.8. The zero-order valence-corrected chi connectivity index (χ0v) is 7.39. The van der Waals surface area contributed by atoms with Gasteiger partial charge in [-0.3, -0.25) is 4.98 Å². The van der Waals surface area contributed by atoms with Gasteiger partial charge >= 0.3 is 0 Å². The number of pyridine rings is 1. The maximum Gasteiger partial charge on any atom is 0.0826 e. The summed E-state index contributed by atoms with van der Waals surface area (Å²) in [6.45, 7) is 1.15. The lowest BCUT2D eigenvalue weighted by molar-refractivity contribution is 0.118. The molecule has 0 radical (unpaired) electrons. The third-order valence-electron chi connectivity index (χ3n) is 2.41. The van der Waals surface area contributed by atoms with E-state index in [-0.39, 0.29) is 12.0 Å². The highest BCUT2D eigenvalue weighted by molar-refractivity contribution is 5.11. The Bertz CT molecular complexity index is 263. The van der Waals surface area contributed by atoms with Gasteiger partial charge in [-0.05, 0) is 24.1 Å². The highest BCUT2D eigenvalue weighted by Crippen LogP contribution is 2.18. The Kier molecular flexibility index (Phi) is 2.57. The molecule has 0 aliphatic carbocycles. The molecule has 0 unspecified atom stereocenters. The minimum atomic E-state index is -0.298. The van der Waals surface area contributed by atoms with Crippen molar-refractivity contribution in [3.8, 4) is 0 Å². The molecule has 1 aromatic rings. The van der Waals surface area contributed by atoms with Gasteiger partial charge in [-0.15, -0.1) is 0 Å². The molecule has 2 atom stereocenters. The first-order valence-electron chi connectivity index (χ1n) is 4.51. The summed E-state index contributed by atoms with van der Waals surface area (Å²) in [6.07, 6.45) is 4.13. The molecule has 1 aromatic heterocycles. The molecule has 0 spiro atoms. The van der Waals surface area contributed by atoms with Gasteiger partial charge in [-0.2, -0.15) is 0 Å². The van der Waals surface area contributed by atoms with Crippen LogP contribution in [-0.4, -0.2) is 29.4 Å². The molecule has 0 aromatic carbocycles. The second-order valence-electron chi connectivity index (χ2n) is 3.42. The monoisotopic (exact) mass is 179 g/mol. The van der Waals surface area contributed by atoms with Crippen molar-refractivity contribution in [1.82, 2.24) is 4.98 Å². The fourth-order valence-corrected chi connectivity index (χ4v) is 1.60. The van der Waals surface area contributed by atoms with Crippen LogP contribution in [-0.2, 0) is 11.2 Å². The Morgan fingerprint density at radius 3 is 2.77 bits per heavy atom. The molecule has 1 saturated heterocycles. The summed E-state index contributed by atoms with van der Waals surface area (Å²) < 4.78 is 5.18. The molecule has 1 aliphatic heterocycles. The third kappa shape index (κ3) is 2.05. The largest absolute Gasteiger partial charge is 0.390 e. The molecule has 1 aliphatic rings. The Labute approximate surface area is 77.4 Å². The van der Waals surface area contributed by atoms with Gasteiger partial charge < -0.3 is 9.84 Å². The molecule has 1 fully saturated rings. The average molecular weight is 179 g/mol. The molecule has 13 heavy (non-hydrogen) atoms. The second kappa shape index (κ2) is 3.85. The van der Waals surface area contributed by atoms with Crippen molar-refractivity contribution in [2.24, 2.45) is 5.92 Å². The standard InChI is InChI=1S/C10H13NO2/c12-10-7-13-6-9(10)5-8-1-3-11-4-2-8/h1-4,9-10,12H,5-7H2/t9-,10-/m1/s1. The maximum atomic E-state index is 9.51. The van der Waals surface area contributed by atoms with Gasteiger partial charge in [-0.1, -0.05) is 0 Å². The van der Waals surface area contributed by atoms with Crippen LogP contribution < -0.4 is 0 Å². The smallest absolute Gasteiger partial charge is 0.0826 e. The van der Waals surface area contributed by atoms with Crippen LogP contribution in [0.25, 0.3) is 0 Å². The Morgan fingerprint density at radius 2 is 2.15 bits per heavy atom. The highest BCUT2D eigenvalue weighted by Gasteiger charge is 2.25. The van der Waals surface area contributed by atoms with Crippen LogP contribution in [0.5, 0.6) is 0 Å². The summed E-state index contributed by atoms with van der Waals surface area (Å²) in [5.41, 5.74) is 1.21. The maximum absolute atomic E-state index is 9.51. The Hall–Kier alpha value is -0.930. The van der Waals surface area contributed by atoms with E-state index in [0.717, 1.165) is 6.42 Å². The van der Waals surface area contributed by atoms with E-state index in [1.54, 1.807) is 12.4 Å². The number of aromatic nitrogens is 1. The Morgan fingerprint density at radius 1 is 1.38 bits per heavy atom. The summed E-state index contributed by atoms with van der Waals surface area (Å²) in [7, 11) is 0. The van der Waals surface area contributed by atoms with Crippen molar-refractivity contribution in [3.05, 3.63) is 30.1 Å². The number of aliphatic hydroxyl groups is 1. The molecule has 70 valence electrons. The third-order valence-corrected chi connectivity index (χ3v) is 2.41. The van der Waals surface area contributed by atoms with Crippen LogP contribution in [0.4, 0.5) is 0 Å². The predicted octanol–water partition coefficient (Wildman–Crippen LogP) is 0.631. The van der Waals surface area contributed by atoms with Gasteiger partial charge in [0.15, 0.2) is 0 Å². The number of hydrogen-bond donors (Lipinski definition) is 1. The van der Waals surface area contributed by atoms with Crippen LogP contribution in [0.1, 0.15) is 5.56 Å². The van der Waals surface area contributed by atoms with E-state index in [9.17, 15) is 5.11 Å². The molecule has 0 saturated carbocycles. The van der Waals surface area contributed by atoms with Crippen LogP contribution in [0.2, 0.25) is 0 Å². The van der Waals surface area contributed by atoms with Crippen molar-refractivity contribution < 1.29 is 9.84 Å². The fourth-order valence-electron chi connectivity index (χ4n) is 1.60. The molecule has 3 heteroatoms. The van der Waals surface area contributed by atoms with Crippen molar-refractivity contribution in [1.29, 1.82) is 0 Å². The van der Waals surface area contributed by atoms with Gasteiger partial charge in [-0.25, -0.2) is 0 Å². The number of aliphatic hydroxyl groups excluding tert-OH is 1. The summed E-state index contributed by atoms with van der Waals surface area (Å²) in [5.74, 6) is 0.252. The zero-order valence-electron chi connectivity index (χ0n) is 7.39. The quantitative estimate of drug-likeness (QED) is 0.724. The molecule has 0 amide bonds. The first-order valence-corrected chi connectivity index (χ1v) is 4.51. The van der Waals surface area contributed by atoms with Crippen molar-refractivity contribution in [2.45, 2.75) is 12.5 Å². The molecule has 3 nitrogen and oxygen atoms in total. The minimum Gasteiger partial charge on any atom is -0.390 e. The van der Waals surface area contributed by atoms with E-state index >= 15 is 0 Å². The zero-order chi connectivity index (χ0) is 9.10. The summed E-state index contributed by atoms with van der Waals surface area (Å²) in [6, 6.07) is 3.95. The number of hydrogen-bond acceptors (Lipinski definition) is 3. The topological polar surface area (TPSA) is 42.4 Å². The van der Waals surface area contributed by atoms with Gasteiger partial charge in [0.1, 0.15) is 0 Å². The lowest BCUT2D eigenvalue weighted by atomic mass is 9.97. The number of nitrogens with zero attached hydrogens (tertiary/aromatic N) is 1. The van der Waals surface area contributed by atoms with Gasteiger partial charge in [0.25, 0.3) is 0 Å². The van der Waals surface area contributed by atoms with Crippen molar-refractivity contribution >= 4 is 0 Å². The van der Waals surface area contributed by atoms with Gasteiger partial charge in [0.2, 0.25) is 0 Å². The molecule has 0 bridgehead atoms. The lowest BCUT2D eigenvalue weighted by Crippen LogP contribution is -2.19. The van der Waals surface area contributed by atoms with Crippen LogP contribution in [0.3, 0.4) is 0 Å². The minimum absolute atomic E-state index is 0.252. The van der Waals surface area contributed by atoms with E-state index in [0.29, 0.717) is 13.2 Å². The van der Waals surface area contributed by atoms with E-state index in [1.165, 1.54) is 5.56 Å².